The van der Waals surface area contributed by atoms with Crippen molar-refractivity contribution >= 4 is 11.8 Å². The van der Waals surface area contributed by atoms with Gasteiger partial charge < -0.3 is 10.2 Å². The molecule has 2 aromatic rings. The van der Waals surface area contributed by atoms with Gasteiger partial charge in [0.2, 0.25) is 11.8 Å². The summed E-state index contributed by atoms with van der Waals surface area (Å²) in [5.41, 5.74) is 3.45. The van der Waals surface area contributed by atoms with Gasteiger partial charge in [-0.2, -0.15) is 0 Å². The highest BCUT2D eigenvalue weighted by Crippen LogP contribution is 2.38. The minimum absolute atomic E-state index is 0.0400. The molecular weight excluding hydrogens is 336 g/mol. The molecule has 2 aliphatic rings. The summed E-state index contributed by atoms with van der Waals surface area (Å²) in [6, 6.07) is 18.2. The molecule has 140 valence electrons. The number of hydrogen-bond acceptors (Lipinski definition) is 2. The highest BCUT2D eigenvalue weighted by molar-refractivity contribution is 5.85. The van der Waals surface area contributed by atoms with Crippen molar-refractivity contribution in [3.05, 3.63) is 71.3 Å². The number of amides is 2. The van der Waals surface area contributed by atoms with Crippen molar-refractivity contribution in [2.75, 3.05) is 13.1 Å². The predicted molar refractivity (Wildman–Crippen MR) is 105 cm³/mol. The van der Waals surface area contributed by atoms with Crippen molar-refractivity contribution in [2.45, 2.75) is 32.2 Å². The molecule has 1 N–H and O–H groups in total. The van der Waals surface area contributed by atoms with Gasteiger partial charge in [-0.05, 0) is 36.5 Å². The van der Waals surface area contributed by atoms with Crippen LogP contribution in [-0.2, 0) is 16.1 Å². The van der Waals surface area contributed by atoms with Crippen LogP contribution in [0.25, 0.3) is 0 Å². The fraction of sp³-hybridized carbons (Fsp3) is 0.391. The molecule has 0 spiro atoms. The first-order chi connectivity index (χ1) is 13.1. The van der Waals surface area contributed by atoms with E-state index >= 15 is 0 Å². The summed E-state index contributed by atoms with van der Waals surface area (Å²) >= 11 is 0. The molecule has 2 amide bonds. The van der Waals surface area contributed by atoms with Gasteiger partial charge in [0.1, 0.15) is 0 Å². The number of benzene rings is 2. The zero-order valence-corrected chi connectivity index (χ0v) is 15.7. The Hall–Kier alpha value is -2.62. The van der Waals surface area contributed by atoms with Crippen LogP contribution in [0.3, 0.4) is 0 Å². The third kappa shape index (κ3) is 3.90. The van der Waals surface area contributed by atoms with Gasteiger partial charge in [0, 0.05) is 31.5 Å². The normalized spacial score (nSPS) is 21.9. The molecule has 1 saturated heterocycles. The largest absolute Gasteiger partial charge is 0.352 e. The zero-order valence-electron chi connectivity index (χ0n) is 15.7. The standard InChI is InChI=1S/C23H26N2O2/c1-16-7-5-6-10-19(16)20-14-25(23(27)18-11-12-18)15-21(20)22(26)24-13-17-8-3-2-4-9-17/h2-10,18,20-21H,11-15H2,1H3,(H,24,26). The molecule has 2 fully saturated rings. The molecule has 2 atom stereocenters. The number of nitrogens with one attached hydrogen (secondary N) is 1. The second-order valence-electron chi connectivity index (χ2n) is 7.79. The predicted octanol–water partition coefficient (Wildman–Crippen LogP) is 3.26. The SMILES string of the molecule is Cc1ccccc1C1CN(C(=O)C2CC2)CC1C(=O)NCc1ccccc1. The van der Waals surface area contributed by atoms with Gasteiger partial charge in [-0.15, -0.1) is 0 Å². The fourth-order valence-corrected chi connectivity index (χ4v) is 4.07. The third-order valence-corrected chi connectivity index (χ3v) is 5.79. The molecule has 1 aliphatic heterocycles. The van der Waals surface area contributed by atoms with E-state index in [1.165, 1.54) is 11.1 Å². The molecule has 4 nitrogen and oxygen atoms in total. The average Bonchev–Trinajstić information content (AvgIpc) is 3.45. The van der Waals surface area contributed by atoms with E-state index in [-0.39, 0.29) is 29.6 Å². The molecule has 0 radical (unpaired) electrons. The van der Waals surface area contributed by atoms with Gasteiger partial charge in [0.15, 0.2) is 0 Å². The topological polar surface area (TPSA) is 49.4 Å². The van der Waals surface area contributed by atoms with Crippen molar-refractivity contribution < 1.29 is 9.59 Å². The molecule has 4 heteroatoms. The first-order valence-electron chi connectivity index (χ1n) is 9.79. The van der Waals surface area contributed by atoms with Crippen molar-refractivity contribution in [2.24, 2.45) is 11.8 Å². The molecule has 2 unspecified atom stereocenters. The molecule has 1 aliphatic carbocycles. The van der Waals surface area contributed by atoms with Crippen molar-refractivity contribution in [1.29, 1.82) is 0 Å². The first kappa shape index (κ1) is 17.8. The summed E-state index contributed by atoms with van der Waals surface area (Å²) < 4.78 is 0. The Kier molecular flexibility index (Phi) is 4.97. The van der Waals surface area contributed by atoms with Crippen LogP contribution in [0.1, 0.15) is 35.4 Å². The average molecular weight is 362 g/mol. The van der Waals surface area contributed by atoms with Crippen LogP contribution in [-0.4, -0.2) is 29.8 Å². The molecule has 1 heterocycles. The Labute approximate surface area is 160 Å². The lowest BCUT2D eigenvalue weighted by atomic mass is 9.86. The van der Waals surface area contributed by atoms with Crippen LogP contribution < -0.4 is 5.32 Å². The number of rotatable bonds is 5. The second-order valence-corrected chi connectivity index (χ2v) is 7.79. The maximum Gasteiger partial charge on any atom is 0.225 e. The molecule has 0 aromatic heterocycles. The first-order valence-corrected chi connectivity index (χ1v) is 9.79. The maximum absolute atomic E-state index is 13.0. The summed E-state index contributed by atoms with van der Waals surface area (Å²) in [4.78, 5) is 27.5. The van der Waals surface area contributed by atoms with Crippen molar-refractivity contribution in [1.82, 2.24) is 10.2 Å². The Morgan fingerprint density at radius 3 is 2.41 bits per heavy atom. The number of carbonyl (C=O) groups excluding carboxylic acids is 2. The third-order valence-electron chi connectivity index (χ3n) is 5.79. The molecule has 27 heavy (non-hydrogen) atoms. The number of nitrogens with zero attached hydrogens (tertiary/aromatic N) is 1. The minimum atomic E-state index is -0.197. The lowest BCUT2D eigenvalue weighted by molar-refractivity contribution is -0.132. The molecular formula is C23H26N2O2. The second kappa shape index (κ2) is 7.55. The van der Waals surface area contributed by atoms with Crippen LogP contribution >= 0.6 is 0 Å². The lowest BCUT2D eigenvalue weighted by Gasteiger charge is -2.20. The van der Waals surface area contributed by atoms with E-state index < -0.39 is 0 Å². The molecule has 2 aromatic carbocycles. The van der Waals surface area contributed by atoms with Crippen LogP contribution in [0, 0.1) is 18.8 Å². The Balaban J connectivity index is 1.52. The quantitative estimate of drug-likeness (QED) is 0.887. The highest BCUT2D eigenvalue weighted by Gasteiger charge is 2.44. The number of likely N-dealkylation sites (tertiary alicyclic amines) is 1. The lowest BCUT2D eigenvalue weighted by Crippen LogP contribution is -2.35. The van der Waals surface area contributed by atoms with E-state index in [1.54, 1.807) is 0 Å². The van der Waals surface area contributed by atoms with Crippen molar-refractivity contribution in [3.63, 3.8) is 0 Å². The highest BCUT2D eigenvalue weighted by atomic mass is 16.2. The van der Waals surface area contributed by atoms with Gasteiger partial charge in [-0.1, -0.05) is 54.6 Å². The number of aryl methyl sites for hydroxylation is 1. The number of hydrogen-bond donors (Lipinski definition) is 1. The fourth-order valence-electron chi connectivity index (χ4n) is 4.07. The minimum Gasteiger partial charge on any atom is -0.352 e. The Morgan fingerprint density at radius 2 is 1.70 bits per heavy atom. The van der Waals surface area contributed by atoms with Crippen LogP contribution in [0.4, 0.5) is 0 Å². The Bertz CT molecular complexity index is 829. The molecule has 1 saturated carbocycles. The van der Waals surface area contributed by atoms with Crippen LogP contribution in [0.2, 0.25) is 0 Å². The van der Waals surface area contributed by atoms with Gasteiger partial charge in [0.05, 0.1) is 5.92 Å². The summed E-state index contributed by atoms with van der Waals surface area (Å²) in [5, 5.41) is 3.09. The summed E-state index contributed by atoms with van der Waals surface area (Å²) in [5.74, 6) is 0.320. The Morgan fingerprint density at radius 1 is 1.00 bits per heavy atom. The van der Waals surface area contributed by atoms with Gasteiger partial charge in [-0.3, -0.25) is 9.59 Å². The summed E-state index contributed by atoms with van der Waals surface area (Å²) in [6.45, 7) is 3.77. The van der Waals surface area contributed by atoms with E-state index in [2.05, 4.69) is 24.4 Å². The van der Waals surface area contributed by atoms with Gasteiger partial charge in [0.25, 0.3) is 0 Å². The van der Waals surface area contributed by atoms with E-state index in [1.807, 2.05) is 47.4 Å². The zero-order chi connectivity index (χ0) is 18.8. The smallest absolute Gasteiger partial charge is 0.225 e. The summed E-state index contributed by atoms with van der Waals surface area (Å²) in [6.07, 6.45) is 1.99. The van der Waals surface area contributed by atoms with Gasteiger partial charge >= 0.3 is 0 Å². The maximum atomic E-state index is 13.0. The van der Waals surface area contributed by atoms with E-state index in [0.29, 0.717) is 19.6 Å². The van der Waals surface area contributed by atoms with Crippen LogP contribution in [0.15, 0.2) is 54.6 Å². The van der Waals surface area contributed by atoms with Gasteiger partial charge in [-0.25, -0.2) is 0 Å². The number of carbonyl (C=O) groups is 2. The van der Waals surface area contributed by atoms with Crippen LogP contribution in [0.5, 0.6) is 0 Å². The van der Waals surface area contributed by atoms with E-state index in [4.69, 9.17) is 0 Å². The molecule has 4 rings (SSSR count). The monoisotopic (exact) mass is 362 g/mol. The molecule has 0 bridgehead atoms. The van der Waals surface area contributed by atoms with Crippen molar-refractivity contribution in [3.8, 4) is 0 Å². The summed E-state index contributed by atoms with van der Waals surface area (Å²) in [7, 11) is 0. The van der Waals surface area contributed by atoms with E-state index in [0.717, 1.165) is 18.4 Å². The van der Waals surface area contributed by atoms with E-state index in [9.17, 15) is 9.59 Å².